The van der Waals surface area contributed by atoms with Gasteiger partial charge >= 0.3 is 0 Å². The van der Waals surface area contributed by atoms with Gasteiger partial charge in [-0.2, -0.15) is 0 Å². The molecule has 3 heteroatoms. The Bertz CT molecular complexity index is 333. The summed E-state index contributed by atoms with van der Waals surface area (Å²) in [5.41, 5.74) is 0.737. The molecule has 3 nitrogen and oxygen atoms in total. The van der Waals surface area contributed by atoms with Crippen molar-refractivity contribution < 1.29 is 9.90 Å². The van der Waals surface area contributed by atoms with E-state index >= 15 is 0 Å². The van der Waals surface area contributed by atoms with Gasteiger partial charge in [-0.1, -0.05) is 24.6 Å². The quantitative estimate of drug-likeness (QED) is 0.790. The Labute approximate surface area is 89.1 Å². The maximum atomic E-state index is 11.6. The molecule has 0 aliphatic heterocycles. The van der Waals surface area contributed by atoms with Crippen LogP contribution in [0.5, 0.6) is 0 Å². The number of carbonyl (C=O) groups excluding carboxylic acids is 1. The third kappa shape index (κ3) is 2.36. The maximum Gasteiger partial charge on any atom is 0.253 e. The molecule has 0 heterocycles. The molecular weight excluding hydrogens is 190 g/mol. The average Bonchev–Trinajstić information content (AvgIpc) is 2.16. The van der Waals surface area contributed by atoms with Crippen molar-refractivity contribution in [2.75, 3.05) is 5.32 Å². The maximum absolute atomic E-state index is 11.6. The molecule has 2 N–H and O–H groups in total. The number of hydrogen-bond acceptors (Lipinski definition) is 2. The predicted molar refractivity (Wildman–Crippen MR) is 58.4 cm³/mol. The fraction of sp³-hybridized carbons (Fsp3) is 0.417. The van der Waals surface area contributed by atoms with Gasteiger partial charge in [-0.3, -0.25) is 4.79 Å². The van der Waals surface area contributed by atoms with Crippen molar-refractivity contribution in [1.29, 1.82) is 0 Å². The smallest absolute Gasteiger partial charge is 0.253 e. The SMILES string of the molecule is O=C(Nc1ccccc1)C(O)C1CCC1. The Morgan fingerprint density at radius 1 is 1.33 bits per heavy atom. The summed E-state index contributed by atoms with van der Waals surface area (Å²) in [6.45, 7) is 0. The number of benzene rings is 1. The van der Waals surface area contributed by atoms with Crippen molar-refractivity contribution in [3.05, 3.63) is 30.3 Å². The van der Waals surface area contributed by atoms with Crippen molar-refractivity contribution in [3.63, 3.8) is 0 Å². The van der Waals surface area contributed by atoms with Gasteiger partial charge in [-0.25, -0.2) is 0 Å². The van der Waals surface area contributed by atoms with Gasteiger partial charge in [0.15, 0.2) is 0 Å². The lowest BCUT2D eigenvalue weighted by molar-refractivity contribution is -0.128. The summed E-state index contributed by atoms with van der Waals surface area (Å²) in [5, 5.41) is 12.4. The molecule has 1 unspecified atom stereocenters. The molecule has 15 heavy (non-hydrogen) atoms. The molecule has 0 spiro atoms. The number of aliphatic hydroxyl groups excluding tert-OH is 1. The normalized spacial score (nSPS) is 17.9. The third-order valence-corrected chi connectivity index (χ3v) is 2.91. The van der Waals surface area contributed by atoms with E-state index in [1.807, 2.05) is 30.3 Å². The molecule has 0 radical (unpaired) electrons. The first-order valence-electron chi connectivity index (χ1n) is 5.31. The van der Waals surface area contributed by atoms with Gasteiger partial charge in [0, 0.05) is 5.69 Å². The number of hydrogen-bond donors (Lipinski definition) is 2. The second kappa shape index (κ2) is 4.45. The molecule has 0 bridgehead atoms. The number of anilines is 1. The third-order valence-electron chi connectivity index (χ3n) is 2.91. The van der Waals surface area contributed by atoms with E-state index in [1.54, 1.807) is 0 Å². The van der Waals surface area contributed by atoms with E-state index in [4.69, 9.17) is 0 Å². The molecule has 1 amide bonds. The molecule has 1 aromatic carbocycles. The van der Waals surface area contributed by atoms with Crippen LogP contribution in [0.2, 0.25) is 0 Å². The first-order chi connectivity index (χ1) is 7.27. The molecule has 0 saturated heterocycles. The monoisotopic (exact) mass is 205 g/mol. The van der Waals surface area contributed by atoms with E-state index in [1.165, 1.54) is 0 Å². The average molecular weight is 205 g/mol. The van der Waals surface area contributed by atoms with Crippen LogP contribution in [-0.4, -0.2) is 17.1 Å². The Morgan fingerprint density at radius 3 is 2.53 bits per heavy atom. The fourth-order valence-electron chi connectivity index (χ4n) is 1.71. The molecule has 1 aliphatic rings. The van der Waals surface area contributed by atoms with Gasteiger partial charge in [0.2, 0.25) is 0 Å². The van der Waals surface area contributed by atoms with E-state index < -0.39 is 6.10 Å². The number of amides is 1. The molecular formula is C12H15NO2. The van der Waals surface area contributed by atoms with Crippen molar-refractivity contribution in [2.45, 2.75) is 25.4 Å². The Balaban J connectivity index is 1.91. The van der Waals surface area contributed by atoms with E-state index in [0.717, 1.165) is 24.9 Å². The summed E-state index contributed by atoms with van der Waals surface area (Å²) in [4.78, 5) is 11.6. The van der Waals surface area contributed by atoms with Crippen LogP contribution < -0.4 is 5.32 Å². The van der Waals surface area contributed by atoms with E-state index in [2.05, 4.69) is 5.32 Å². The van der Waals surface area contributed by atoms with Gasteiger partial charge in [-0.15, -0.1) is 0 Å². The van der Waals surface area contributed by atoms with Gasteiger partial charge in [0.25, 0.3) is 5.91 Å². The minimum Gasteiger partial charge on any atom is -0.383 e. The molecule has 80 valence electrons. The number of para-hydroxylation sites is 1. The highest BCUT2D eigenvalue weighted by molar-refractivity contribution is 5.94. The van der Waals surface area contributed by atoms with Crippen LogP contribution >= 0.6 is 0 Å². The fourth-order valence-corrected chi connectivity index (χ4v) is 1.71. The molecule has 1 saturated carbocycles. The summed E-state index contributed by atoms with van der Waals surface area (Å²) in [6.07, 6.45) is 2.20. The molecule has 1 aliphatic carbocycles. The lowest BCUT2D eigenvalue weighted by Gasteiger charge is -2.29. The summed E-state index contributed by atoms with van der Waals surface area (Å²) in [6, 6.07) is 9.21. The first-order valence-corrected chi connectivity index (χ1v) is 5.31. The topological polar surface area (TPSA) is 49.3 Å². The minimum atomic E-state index is -0.848. The zero-order valence-corrected chi connectivity index (χ0v) is 8.52. The second-order valence-electron chi connectivity index (χ2n) is 3.99. The Kier molecular flexibility index (Phi) is 3.02. The number of carbonyl (C=O) groups is 1. The minimum absolute atomic E-state index is 0.161. The highest BCUT2D eigenvalue weighted by Crippen LogP contribution is 2.29. The Hall–Kier alpha value is -1.35. The molecule has 1 fully saturated rings. The number of aliphatic hydroxyl groups is 1. The van der Waals surface area contributed by atoms with Crippen LogP contribution in [0.15, 0.2) is 30.3 Å². The molecule has 1 atom stereocenters. The summed E-state index contributed by atoms with van der Waals surface area (Å²) < 4.78 is 0. The van der Waals surface area contributed by atoms with Crippen LogP contribution in [0.3, 0.4) is 0 Å². The molecule has 2 rings (SSSR count). The Morgan fingerprint density at radius 2 is 2.00 bits per heavy atom. The molecule has 0 aromatic heterocycles. The van der Waals surface area contributed by atoms with Crippen molar-refractivity contribution in [1.82, 2.24) is 0 Å². The van der Waals surface area contributed by atoms with E-state index in [0.29, 0.717) is 0 Å². The predicted octanol–water partition coefficient (Wildman–Crippen LogP) is 1.79. The summed E-state index contributed by atoms with van der Waals surface area (Å²) in [5.74, 6) is -0.125. The highest BCUT2D eigenvalue weighted by Gasteiger charge is 2.30. The zero-order valence-electron chi connectivity index (χ0n) is 8.52. The van der Waals surface area contributed by atoms with E-state index in [9.17, 15) is 9.90 Å². The van der Waals surface area contributed by atoms with Crippen LogP contribution in [0, 0.1) is 5.92 Å². The summed E-state index contributed by atoms with van der Waals surface area (Å²) in [7, 11) is 0. The standard InChI is InChI=1S/C12H15NO2/c14-11(9-5-4-6-9)12(15)13-10-7-2-1-3-8-10/h1-3,7-9,11,14H,4-6H2,(H,13,15). The van der Waals surface area contributed by atoms with Crippen LogP contribution in [-0.2, 0) is 4.79 Å². The van der Waals surface area contributed by atoms with Crippen LogP contribution in [0.1, 0.15) is 19.3 Å². The van der Waals surface area contributed by atoms with Gasteiger partial charge in [0.05, 0.1) is 0 Å². The van der Waals surface area contributed by atoms with Crippen LogP contribution in [0.4, 0.5) is 5.69 Å². The summed E-state index contributed by atoms with van der Waals surface area (Å²) >= 11 is 0. The van der Waals surface area contributed by atoms with Crippen molar-refractivity contribution in [2.24, 2.45) is 5.92 Å². The van der Waals surface area contributed by atoms with Crippen molar-refractivity contribution in [3.8, 4) is 0 Å². The number of rotatable bonds is 3. The second-order valence-corrected chi connectivity index (χ2v) is 3.99. The van der Waals surface area contributed by atoms with Gasteiger partial charge < -0.3 is 10.4 Å². The van der Waals surface area contributed by atoms with Crippen molar-refractivity contribution >= 4 is 11.6 Å². The largest absolute Gasteiger partial charge is 0.383 e. The zero-order chi connectivity index (χ0) is 10.7. The lowest BCUT2D eigenvalue weighted by Crippen LogP contribution is -2.37. The highest BCUT2D eigenvalue weighted by atomic mass is 16.3. The first kappa shape index (κ1) is 10.2. The van der Waals surface area contributed by atoms with Gasteiger partial charge in [-0.05, 0) is 30.9 Å². The van der Waals surface area contributed by atoms with E-state index in [-0.39, 0.29) is 11.8 Å². The lowest BCUT2D eigenvalue weighted by atomic mass is 9.81. The van der Waals surface area contributed by atoms with Crippen LogP contribution in [0.25, 0.3) is 0 Å². The van der Waals surface area contributed by atoms with Gasteiger partial charge in [0.1, 0.15) is 6.10 Å². The molecule has 1 aromatic rings. The number of nitrogens with one attached hydrogen (secondary N) is 1.